The molecule has 7 heteroatoms. The van der Waals surface area contributed by atoms with Crippen LogP contribution >= 0.6 is 31.9 Å². The first-order valence-corrected chi connectivity index (χ1v) is 22.6. The molecule has 284 valence electrons. The standard InChI is InChI=1S/C43H69Br2NO4/c1-3-5-7-9-11-13-15-17-19-21-23-28-32-49-42(47)40-37(34-44)46-38(35-45)41(39(40)36-30-26-25-27-31-36)43(48)50-33-29-24-22-20-18-16-14-12-10-8-6-4-2/h25-27,30-31,39-40H,3-24,28-29,32-35H2,1-2H3. The van der Waals surface area contributed by atoms with Gasteiger partial charge in [-0.25, -0.2) is 4.79 Å². The van der Waals surface area contributed by atoms with Gasteiger partial charge in [0.25, 0.3) is 0 Å². The van der Waals surface area contributed by atoms with Crippen LogP contribution in [0.2, 0.25) is 0 Å². The Hall–Kier alpha value is -1.47. The fraction of sp³-hybridized carbons (Fsp3) is 0.744. The molecule has 1 aliphatic heterocycles. The summed E-state index contributed by atoms with van der Waals surface area (Å²) in [6.45, 7) is 5.29. The molecule has 0 radical (unpaired) electrons. The molecule has 0 amide bonds. The summed E-state index contributed by atoms with van der Waals surface area (Å²) in [4.78, 5) is 32.4. The van der Waals surface area contributed by atoms with E-state index in [0.29, 0.717) is 40.9 Å². The number of halogens is 2. The second-order valence-electron chi connectivity index (χ2n) is 14.2. The average Bonchev–Trinajstić information content (AvgIpc) is 3.14. The summed E-state index contributed by atoms with van der Waals surface area (Å²) >= 11 is 7.15. The summed E-state index contributed by atoms with van der Waals surface area (Å²) in [5, 5.41) is 0.822. The molecule has 1 aliphatic rings. The third-order valence-electron chi connectivity index (χ3n) is 9.96. The normalized spacial score (nSPS) is 16.0. The highest BCUT2D eigenvalue weighted by molar-refractivity contribution is 9.09. The SMILES string of the molecule is CCCCCCCCCCCCCCOC(=O)C1=C(CBr)N=C(CBr)C(C(=O)OCCCCCCCCCCCCCC)C1c1ccccc1. The molecule has 1 heterocycles. The van der Waals surface area contributed by atoms with Crippen molar-refractivity contribution in [2.24, 2.45) is 10.9 Å². The Balaban J connectivity index is 1.87. The first kappa shape index (κ1) is 44.7. The minimum Gasteiger partial charge on any atom is -0.465 e. The molecule has 50 heavy (non-hydrogen) atoms. The Bertz CT molecular complexity index is 1090. The smallest absolute Gasteiger partial charge is 0.336 e. The largest absolute Gasteiger partial charge is 0.465 e. The number of carbonyl (C=O) groups excluding carboxylic acids is 2. The van der Waals surface area contributed by atoms with Gasteiger partial charge in [-0.05, 0) is 18.4 Å². The molecule has 0 bridgehead atoms. The van der Waals surface area contributed by atoms with E-state index < -0.39 is 11.8 Å². The number of allylic oxidation sites excluding steroid dienone is 1. The molecule has 0 aromatic heterocycles. The van der Waals surface area contributed by atoms with Crippen LogP contribution < -0.4 is 0 Å². The topological polar surface area (TPSA) is 65.0 Å². The van der Waals surface area contributed by atoms with Crippen molar-refractivity contribution in [3.63, 3.8) is 0 Å². The number of nitrogens with zero attached hydrogens (tertiary/aromatic N) is 1. The zero-order valence-corrected chi connectivity index (χ0v) is 34.8. The lowest BCUT2D eigenvalue weighted by Gasteiger charge is -2.32. The lowest BCUT2D eigenvalue weighted by atomic mass is 9.75. The number of aliphatic imine (C=N–C) groups is 1. The summed E-state index contributed by atoms with van der Waals surface area (Å²) in [5.74, 6) is -1.91. The van der Waals surface area contributed by atoms with Crippen LogP contribution in [-0.2, 0) is 19.1 Å². The monoisotopic (exact) mass is 821 g/mol. The molecule has 0 N–H and O–H groups in total. The Kier molecular flexibility index (Phi) is 26.8. The maximum Gasteiger partial charge on any atom is 0.336 e. The van der Waals surface area contributed by atoms with Gasteiger partial charge < -0.3 is 9.47 Å². The van der Waals surface area contributed by atoms with Crippen molar-refractivity contribution in [3.05, 3.63) is 47.2 Å². The van der Waals surface area contributed by atoms with Crippen molar-refractivity contribution in [1.82, 2.24) is 0 Å². The fourth-order valence-electron chi connectivity index (χ4n) is 6.98. The third-order valence-corrected chi connectivity index (χ3v) is 11.1. The van der Waals surface area contributed by atoms with Gasteiger partial charge in [-0.1, -0.05) is 217 Å². The summed E-state index contributed by atoms with van der Waals surface area (Å²) in [6.07, 6.45) is 30.1. The summed E-state index contributed by atoms with van der Waals surface area (Å²) in [7, 11) is 0. The van der Waals surface area contributed by atoms with Crippen LogP contribution in [0.4, 0.5) is 0 Å². The van der Waals surface area contributed by atoms with Crippen LogP contribution in [-0.4, -0.2) is 41.5 Å². The summed E-state index contributed by atoms with van der Waals surface area (Å²) < 4.78 is 11.8. The van der Waals surface area contributed by atoms with E-state index in [1.807, 2.05) is 30.3 Å². The van der Waals surface area contributed by atoms with Crippen molar-refractivity contribution in [2.75, 3.05) is 23.9 Å². The van der Waals surface area contributed by atoms with E-state index in [1.54, 1.807) is 0 Å². The van der Waals surface area contributed by atoms with Gasteiger partial charge in [0.05, 0.1) is 24.5 Å². The Labute approximate surface area is 322 Å². The van der Waals surface area contributed by atoms with Gasteiger partial charge in [-0.15, -0.1) is 0 Å². The Morgan fingerprint density at radius 1 is 0.580 bits per heavy atom. The number of carbonyl (C=O) groups is 2. The maximum atomic E-state index is 13.8. The van der Waals surface area contributed by atoms with Crippen LogP contribution in [0.1, 0.15) is 179 Å². The molecule has 1 aromatic rings. The Morgan fingerprint density at radius 2 is 1.00 bits per heavy atom. The van der Waals surface area contributed by atoms with Crippen molar-refractivity contribution in [3.8, 4) is 0 Å². The lowest BCUT2D eigenvalue weighted by molar-refractivity contribution is -0.147. The molecule has 0 saturated carbocycles. The number of unbranched alkanes of at least 4 members (excludes halogenated alkanes) is 22. The first-order chi connectivity index (χ1) is 24.6. The van der Waals surface area contributed by atoms with Gasteiger partial charge in [-0.3, -0.25) is 9.79 Å². The Morgan fingerprint density at radius 3 is 1.42 bits per heavy atom. The summed E-state index contributed by atoms with van der Waals surface area (Å²) in [5.41, 5.74) is 2.66. The molecule has 2 atom stereocenters. The second-order valence-corrected chi connectivity index (χ2v) is 15.3. The molecular weight excluding hydrogens is 754 g/mol. The van der Waals surface area contributed by atoms with E-state index in [-0.39, 0.29) is 11.9 Å². The number of rotatable bonds is 31. The molecule has 5 nitrogen and oxygen atoms in total. The highest BCUT2D eigenvalue weighted by Crippen LogP contribution is 2.41. The van der Waals surface area contributed by atoms with Gasteiger partial charge in [0.2, 0.25) is 0 Å². The van der Waals surface area contributed by atoms with E-state index in [2.05, 4.69) is 45.7 Å². The fourth-order valence-corrected chi connectivity index (χ4v) is 7.89. The van der Waals surface area contributed by atoms with Gasteiger partial charge in [-0.2, -0.15) is 0 Å². The van der Waals surface area contributed by atoms with Crippen LogP contribution in [0, 0.1) is 5.92 Å². The van der Waals surface area contributed by atoms with Gasteiger partial charge >= 0.3 is 11.9 Å². The molecule has 2 unspecified atom stereocenters. The quantitative estimate of drug-likeness (QED) is 0.0425. The zero-order valence-electron chi connectivity index (χ0n) is 31.7. The molecule has 0 saturated heterocycles. The number of ether oxygens (including phenoxy) is 2. The number of esters is 2. The van der Waals surface area contributed by atoms with Crippen molar-refractivity contribution in [2.45, 2.75) is 174 Å². The molecule has 0 spiro atoms. The van der Waals surface area contributed by atoms with E-state index in [0.717, 1.165) is 31.2 Å². The highest BCUT2D eigenvalue weighted by atomic mass is 79.9. The van der Waals surface area contributed by atoms with Crippen LogP contribution in [0.15, 0.2) is 46.6 Å². The van der Waals surface area contributed by atoms with Crippen molar-refractivity contribution in [1.29, 1.82) is 0 Å². The van der Waals surface area contributed by atoms with Crippen LogP contribution in [0.5, 0.6) is 0 Å². The lowest BCUT2D eigenvalue weighted by Crippen LogP contribution is -2.39. The van der Waals surface area contributed by atoms with E-state index in [1.165, 1.54) is 128 Å². The van der Waals surface area contributed by atoms with Crippen molar-refractivity contribution >= 4 is 49.5 Å². The number of hydrogen-bond acceptors (Lipinski definition) is 5. The van der Waals surface area contributed by atoms with Gasteiger partial charge in [0.15, 0.2) is 0 Å². The number of benzene rings is 1. The third kappa shape index (κ3) is 18.3. The molecular formula is C43H69Br2NO4. The van der Waals surface area contributed by atoms with E-state index in [4.69, 9.17) is 14.5 Å². The molecule has 2 rings (SSSR count). The predicted octanol–water partition coefficient (Wildman–Crippen LogP) is 13.4. The van der Waals surface area contributed by atoms with Crippen molar-refractivity contribution < 1.29 is 19.1 Å². The zero-order chi connectivity index (χ0) is 36.1. The first-order valence-electron chi connectivity index (χ1n) is 20.4. The second kappa shape index (κ2) is 30.0. The number of hydrogen-bond donors (Lipinski definition) is 0. The van der Waals surface area contributed by atoms with E-state index in [9.17, 15) is 9.59 Å². The number of alkyl halides is 2. The predicted molar refractivity (Wildman–Crippen MR) is 219 cm³/mol. The molecule has 0 fully saturated rings. The van der Waals surface area contributed by atoms with Crippen LogP contribution in [0.25, 0.3) is 0 Å². The summed E-state index contributed by atoms with van der Waals surface area (Å²) in [6, 6.07) is 9.82. The van der Waals surface area contributed by atoms with Gasteiger partial charge in [0.1, 0.15) is 5.92 Å². The minimum absolute atomic E-state index is 0.319. The van der Waals surface area contributed by atoms with E-state index >= 15 is 0 Å². The molecule has 0 aliphatic carbocycles. The highest BCUT2D eigenvalue weighted by Gasteiger charge is 2.44. The average molecular weight is 824 g/mol. The van der Waals surface area contributed by atoms with Crippen LogP contribution in [0.3, 0.4) is 0 Å². The minimum atomic E-state index is -0.689. The maximum absolute atomic E-state index is 13.8. The van der Waals surface area contributed by atoms with Gasteiger partial charge in [0, 0.05) is 22.3 Å². The molecule has 1 aromatic carbocycles.